The maximum absolute atomic E-state index is 6.15. The van der Waals surface area contributed by atoms with Gasteiger partial charge in [-0.2, -0.15) is 0 Å². The molecule has 0 amide bonds. The Balaban J connectivity index is 1.83. The van der Waals surface area contributed by atoms with Gasteiger partial charge < -0.3 is 19.9 Å². The van der Waals surface area contributed by atoms with Crippen molar-refractivity contribution in [3.8, 4) is 17.1 Å². The third-order valence-corrected chi connectivity index (χ3v) is 3.56. The minimum absolute atomic E-state index is 0.218. The van der Waals surface area contributed by atoms with Crippen LogP contribution in [-0.4, -0.2) is 36.3 Å². The molecule has 3 rings (SSSR count). The Kier molecular flexibility index (Phi) is 3.60. The fraction of sp³-hybridized carbons (Fsp3) is 0.400. The molecule has 0 bridgehead atoms. The van der Waals surface area contributed by atoms with Crippen LogP contribution in [0.5, 0.6) is 5.75 Å². The van der Waals surface area contributed by atoms with Crippen molar-refractivity contribution in [2.45, 2.75) is 18.9 Å². The van der Waals surface area contributed by atoms with Gasteiger partial charge in [0.2, 0.25) is 0 Å². The highest BCUT2D eigenvalue weighted by molar-refractivity contribution is 5.67. The molecule has 0 spiro atoms. The molecule has 1 atom stereocenters. The van der Waals surface area contributed by atoms with Crippen molar-refractivity contribution in [3.05, 3.63) is 30.3 Å². The van der Waals surface area contributed by atoms with E-state index >= 15 is 0 Å². The van der Waals surface area contributed by atoms with Gasteiger partial charge in [0, 0.05) is 12.6 Å². The molecule has 1 aromatic heterocycles. The molecule has 20 heavy (non-hydrogen) atoms. The molecular weight excluding hydrogens is 254 g/mol. The number of piperidine rings is 1. The van der Waals surface area contributed by atoms with E-state index < -0.39 is 0 Å². The molecule has 5 nitrogen and oxygen atoms in total. The number of para-hydroxylation sites is 1. The maximum atomic E-state index is 6.15. The van der Waals surface area contributed by atoms with E-state index in [9.17, 15) is 0 Å². The van der Waals surface area contributed by atoms with E-state index in [4.69, 9.17) is 15.0 Å². The van der Waals surface area contributed by atoms with E-state index in [-0.39, 0.29) is 6.10 Å². The zero-order chi connectivity index (χ0) is 13.9. The lowest BCUT2D eigenvalue weighted by atomic mass is 10.1. The summed E-state index contributed by atoms with van der Waals surface area (Å²) in [5.74, 6) is 1.85. The average Bonchev–Trinajstić information content (AvgIpc) is 2.86. The van der Waals surface area contributed by atoms with Crippen molar-refractivity contribution < 1.29 is 9.26 Å². The number of anilines is 1. The number of hydrogen-bond acceptors (Lipinski definition) is 5. The number of rotatable bonds is 3. The highest BCUT2D eigenvalue weighted by Gasteiger charge is 2.20. The molecule has 1 aromatic carbocycles. The third-order valence-electron chi connectivity index (χ3n) is 3.56. The Morgan fingerprint density at radius 1 is 1.40 bits per heavy atom. The van der Waals surface area contributed by atoms with Gasteiger partial charge >= 0.3 is 0 Å². The number of nitrogen functional groups attached to an aromatic ring is 1. The van der Waals surface area contributed by atoms with Crippen molar-refractivity contribution in [2.24, 2.45) is 0 Å². The van der Waals surface area contributed by atoms with Gasteiger partial charge in [0.15, 0.2) is 11.6 Å². The number of ether oxygens (including phenoxy) is 1. The van der Waals surface area contributed by atoms with Gasteiger partial charge in [-0.15, -0.1) is 0 Å². The molecule has 1 aliphatic heterocycles. The quantitative estimate of drug-likeness (QED) is 0.930. The first-order valence-corrected chi connectivity index (χ1v) is 6.89. The van der Waals surface area contributed by atoms with Crippen molar-refractivity contribution in [1.82, 2.24) is 10.1 Å². The number of nitrogens with zero attached hydrogens (tertiary/aromatic N) is 2. The molecular formula is C15H19N3O2. The third kappa shape index (κ3) is 2.77. The van der Waals surface area contributed by atoms with Crippen LogP contribution >= 0.6 is 0 Å². The number of benzene rings is 1. The molecule has 0 aliphatic carbocycles. The van der Waals surface area contributed by atoms with Crippen LogP contribution in [0.1, 0.15) is 12.8 Å². The normalized spacial score (nSPS) is 19.9. The Bertz CT molecular complexity index is 582. The summed E-state index contributed by atoms with van der Waals surface area (Å²) >= 11 is 0. The van der Waals surface area contributed by atoms with Gasteiger partial charge in [-0.1, -0.05) is 17.3 Å². The zero-order valence-corrected chi connectivity index (χ0v) is 11.6. The molecule has 5 heteroatoms. The van der Waals surface area contributed by atoms with Crippen LogP contribution in [0, 0.1) is 0 Å². The molecule has 106 valence electrons. The van der Waals surface area contributed by atoms with Crippen LogP contribution in [0.3, 0.4) is 0 Å². The van der Waals surface area contributed by atoms with Crippen LogP contribution in [0.2, 0.25) is 0 Å². The smallest absolute Gasteiger partial charge is 0.172 e. The molecule has 1 saturated heterocycles. The number of hydrogen-bond donors (Lipinski definition) is 1. The molecule has 0 saturated carbocycles. The summed E-state index contributed by atoms with van der Waals surface area (Å²) in [6, 6.07) is 9.55. The lowest BCUT2D eigenvalue weighted by Crippen LogP contribution is -2.38. The standard InChI is InChI=1S/C15H19N3O2/c1-18-8-4-5-11(10-18)19-13-7-3-2-6-12(13)14-9-15(16)17-20-14/h2-3,6-7,9,11H,4-5,8,10H2,1H3,(H2,16,17). The van der Waals surface area contributed by atoms with E-state index in [2.05, 4.69) is 17.1 Å². The van der Waals surface area contributed by atoms with Crippen molar-refractivity contribution >= 4 is 5.82 Å². The monoisotopic (exact) mass is 273 g/mol. The van der Waals surface area contributed by atoms with E-state index in [0.29, 0.717) is 11.6 Å². The second-order valence-corrected chi connectivity index (χ2v) is 5.26. The van der Waals surface area contributed by atoms with Gasteiger partial charge in [-0.25, -0.2) is 0 Å². The minimum Gasteiger partial charge on any atom is -0.488 e. The predicted molar refractivity (Wildman–Crippen MR) is 77.5 cm³/mol. The molecule has 1 unspecified atom stereocenters. The number of likely N-dealkylation sites (N-methyl/N-ethyl adjacent to an activating group) is 1. The molecule has 2 N–H and O–H groups in total. The fourth-order valence-corrected chi connectivity index (χ4v) is 2.58. The topological polar surface area (TPSA) is 64.5 Å². The number of aromatic nitrogens is 1. The Morgan fingerprint density at radius 3 is 3.00 bits per heavy atom. The highest BCUT2D eigenvalue weighted by Crippen LogP contribution is 2.32. The van der Waals surface area contributed by atoms with E-state index in [1.807, 2.05) is 24.3 Å². The van der Waals surface area contributed by atoms with Crippen LogP contribution in [-0.2, 0) is 0 Å². The summed E-state index contributed by atoms with van der Waals surface area (Å²) in [5, 5.41) is 3.73. The first-order valence-electron chi connectivity index (χ1n) is 6.89. The number of likely N-dealkylation sites (tertiary alicyclic amines) is 1. The van der Waals surface area contributed by atoms with E-state index in [1.54, 1.807) is 6.07 Å². The van der Waals surface area contributed by atoms with Crippen molar-refractivity contribution in [1.29, 1.82) is 0 Å². The summed E-state index contributed by atoms with van der Waals surface area (Å²) in [4.78, 5) is 2.29. The first-order chi connectivity index (χ1) is 9.72. The Hall–Kier alpha value is -2.01. The fourth-order valence-electron chi connectivity index (χ4n) is 2.58. The lowest BCUT2D eigenvalue weighted by Gasteiger charge is -2.30. The van der Waals surface area contributed by atoms with Gasteiger partial charge in [0.05, 0.1) is 5.56 Å². The SMILES string of the molecule is CN1CCCC(Oc2ccccc2-c2cc(N)no2)C1. The van der Waals surface area contributed by atoms with Gasteiger partial charge in [0.25, 0.3) is 0 Å². The van der Waals surface area contributed by atoms with E-state index in [0.717, 1.165) is 30.8 Å². The van der Waals surface area contributed by atoms with Crippen LogP contribution in [0.25, 0.3) is 11.3 Å². The average molecular weight is 273 g/mol. The largest absolute Gasteiger partial charge is 0.488 e. The Labute approximate surface area is 118 Å². The van der Waals surface area contributed by atoms with Gasteiger partial charge in [0.1, 0.15) is 11.9 Å². The van der Waals surface area contributed by atoms with Crippen LogP contribution in [0.4, 0.5) is 5.82 Å². The molecule has 2 aromatic rings. The Morgan fingerprint density at radius 2 is 2.25 bits per heavy atom. The predicted octanol–water partition coefficient (Wildman–Crippen LogP) is 2.40. The molecule has 1 aliphatic rings. The van der Waals surface area contributed by atoms with Crippen molar-refractivity contribution in [2.75, 3.05) is 25.9 Å². The first kappa shape index (κ1) is 13.0. The second-order valence-electron chi connectivity index (χ2n) is 5.26. The van der Waals surface area contributed by atoms with Crippen molar-refractivity contribution in [3.63, 3.8) is 0 Å². The van der Waals surface area contributed by atoms with Crippen LogP contribution < -0.4 is 10.5 Å². The molecule has 2 heterocycles. The van der Waals surface area contributed by atoms with Crippen LogP contribution in [0.15, 0.2) is 34.9 Å². The zero-order valence-electron chi connectivity index (χ0n) is 11.6. The second kappa shape index (κ2) is 5.54. The summed E-state index contributed by atoms with van der Waals surface area (Å²) in [6.07, 6.45) is 2.46. The maximum Gasteiger partial charge on any atom is 0.172 e. The molecule has 0 radical (unpaired) electrons. The highest BCUT2D eigenvalue weighted by atomic mass is 16.5. The number of nitrogens with two attached hydrogens (primary N) is 1. The van der Waals surface area contributed by atoms with Gasteiger partial charge in [-0.05, 0) is 38.6 Å². The summed E-state index contributed by atoms with van der Waals surface area (Å²) < 4.78 is 11.4. The van der Waals surface area contributed by atoms with E-state index in [1.165, 1.54) is 6.42 Å². The minimum atomic E-state index is 0.218. The summed E-state index contributed by atoms with van der Waals surface area (Å²) in [7, 11) is 2.12. The summed E-state index contributed by atoms with van der Waals surface area (Å²) in [5.41, 5.74) is 6.51. The lowest BCUT2D eigenvalue weighted by molar-refractivity contribution is 0.104. The van der Waals surface area contributed by atoms with Gasteiger partial charge in [-0.3, -0.25) is 0 Å². The summed E-state index contributed by atoms with van der Waals surface area (Å²) in [6.45, 7) is 2.09. The molecule has 1 fully saturated rings.